The molecule has 0 aromatic heterocycles. The van der Waals surface area contributed by atoms with E-state index in [9.17, 15) is 0 Å². The standard InChI is InChI=1S/C12H17NO3/c1-15-11-4-2-3-10(7-11)13-5-6-16-12(8-13)9-14/h2-4,7,12,14H,5-6,8-9H2,1H3. The van der Waals surface area contributed by atoms with Crippen molar-refractivity contribution in [2.75, 3.05) is 38.3 Å². The molecule has 1 aliphatic rings. The molecule has 1 saturated heterocycles. The molecule has 0 aliphatic carbocycles. The fraction of sp³-hybridized carbons (Fsp3) is 0.500. The first-order valence-corrected chi connectivity index (χ1v) is 5.45. The van der Waals surface area contributed by atoms with Crippen LogP contribution in [0.5, 0.6) is 5.75 Å². The minimum absolute atomic E-state index is 0.0699. The van der Waals surface area contributed by atoms with Crippen LogP contribution in [0.2, 0.25) is 0 Å². The maximum Gasteiger partial charge on any atom is 0.120 e. The molecule has 1 N–H and O–H groups in total. The van der Waals surface area contributed by atoms with Crippen molar-refractivity contribution in [3.8, 4) is 5.75 Å². The molecule has 1 atom stereocenters. The van der Waals surface area contributed by atoms with Crippen LogP contribution >= 0.6 is 0 Å². The van der Waals surface area contributed by atoms with Gasteiger partial charge < -0.3 is 19.5 Å². The van der Waals surface area contributed by atoms with Gasteiger partial charge in [0.15, 0.2) is 0 Å². The molecule has 1 aromatic carbocycles. The molecule has 88 valence electrons. The second kappa shape index (κ2) is 5.18. The first kappa shape index (κ1) is 11.2. The van der Waals surface area contributed by atoms with E-state index in [1.807, 2.05) is 24.3 Å². The Bertz CT molecular complexity index is 343. The lowest BCUT2D eigenvalue weighted by Crippen LogP contribution is -2.44. The van der Waals surface area contributed by atoms with Gasteiger partial charge in [-0.25, -0.2) is 0 Å². The second-order valence-electron chi connectivity index (χ2n) is 3.82. The first-order valence-electron chi connectivity index (χ1n) is 5.45. The maximum atomic E-state index is 9.08. The number of anilines is 1. The number of hydrogen-bond donors (Lipinski definition) is 1. The van der Waals surface area contributed by atoms with Crippen molar-refractivity contribution in [2.24, 2.45) is 0 Å². The van der Waals surface area contributed by atoms with E-state index < -0.39 is 0 Å². The Morgan fingerprint density at radius 3 is 3.19 bits per heavy atom. The second-order valence-corrected chi connectivity index (χ2v) is 3.82. The highest BCUT2D eigenvalue weighted by Gasteiger charge is 2.19. The molecule has 1 fully saturated rings. The average Bonchev–Trinajstić information content (AvgIpc) is 2.39. The number of aliphatic hydroxyl groups excluding tert-OH is 1. The summed E-state index contributed by atoms with van der Waals surface area (Å²) in [6.45, 7) is 2.30. The molecule has 0 radical (unpaired) electrons. The first-order chi connectivity index (χ1) is 7.83. The summed E-state index contributed by atoms with van der Waals surface area (Å²) in [5.41, 5.74) is 1.11. The Kier molecular flexibility index (Phi) is 3.64. The van der Waals surface area contributed by atoms with Crippen LogP contribution < -0.4 is 9.64 Å². The summed E-state index contributed by atoms with van der Waals surface area (Å²) in [5, 5.41) is 9.08. The summed E-state index contributed by atoms with van der Waals surface area (Å²) in [6, 6.07) is 7.94. The van der Waals surface area contributed by atoms with E-state index in [1.165, 1.54) is 0 Å². The van der Waals surface area contributed by atoms with E-state index in [2.05, 4.69) is 4.90 Å². The minimum atomic E-state index is -0.0834. The number of morpholine rings is 1. The van der Waals surface area contributed by atoms with Crippen molar-refractivity contribution >= 4 is 5.69 Å². The van der Waals surface area contributed by atoms with Gasteiger partial charge in [0.05, 0.1) is 26.4 Å². The third kappa shape index (κ3) is 2.46. The quantitative estimate of drug-likeness (QED) is 0.826. The van der Waals surface area contributed by atoms with Gasteiger partial charge in [0.25, 0.3) is 0 Å². The third-order valence-corrected chi connectivity index (χ3v) is 2.76. The molecule has 0 spiro atoms. The van der Waals surface area contributed by atoms with E-state index in [1.54, 1.807) is 7.11 Å². The molecule has 16 heavy (non-hydrogen) atoms. The van der Waals surface area contributed by atoms with E-state index in [0.717, 1.165) is 24.5 Å². The lowest BCUT2D eigenvalue weighted by atomic mass is 10.2. The van der Waals surface area contributed by atoms with Crippen LogP contribution in [-0.4, -0.2) is 44.6 Å². The van der Waals surface area contributed by atoms with Gasteiger partial charge in [-0.3, -0.25) is 0 Å². The topological polar surface area (TPSA) is 41.9 Å². The van der Waals surface area contributed by atoms with Crippen LogP contribution in [0.4, 0.5) is 5.69 Å². The predicted molar refractivity (Wildman–Crippen MR) is 62.0 cm³/mol. The van der Waals surface area contributed by atoms with Crippen molar-refractivity contribution in [2.45, 2.75) is 6.10 Å². The zero-order valence-corrected chi connectivity index (χ0v) is 9.43. The fourth-order valence-electron chi connectivity index (χ4n) is 1.87. The van der Waals surface area contributed by atoms with Crippen LogP contribution in [0, 0.1) is 0 Å². The highest BCUT2D eigenvalue weighted by Crippen LogP contribution is 2.22. The molecule has 4 nitrogen and oxygen atoms in total. The van der Waals surface area contributed by atoms with Crippen molar-refractivity contribution in [3.63, 3.8) is 0 Å². The highest BCUT2D eigenvalue weighted by molar-refractivity contribution is 5.51. The van der Waals surface area contributed by atoms with Crippen LogP contribution in [-0.2, 0) is 4.74 Å². The summed E-state index contributed by atoms with van der Waals surface area (Å²) < 4.78 is 10.6. The van der Waals surface area contributed by atoms with Gasteiger partial charge in [-0.05, 0) is 12.1 Å². The van der Waals surface area contributed by atoms with E-state index in [4.69, 9.17) is 14.6 Å². The normalized spacial score (nSPS) is 20.9. The number of nitrogens with zero attached hydrogens (tertiary/aromatic N) is 1. The molecule has 4 heteroatoms. The van der Waals surface area contributed by atoms with Gasteiger partial charge in [0, 0.05) is 24.8 Å². The van der Waals surface area contributed by atoms with Gasteiger partial charge in [0.2, 0.25) is 0 Å². The summed E-state index contributed by atoms with van der Waals surface area (Å²) >= 11 is 0. The molecule has 1 aromatic rings. The molecule has 1 unspecified atom stereocenters. The van der Waals surface area contributed by atoms with Crippen molar-refractivity contribution in [1.82, 2.24) is 0 Å². The third-order valence-electron chi connectivity index (χ3n) is 2.76. The highest BCUT2D eigenvalue weighted by atomic mass is 16.5. The Balaban J connectivity index is 2.10. The van der Waals surface area contributed by atoms with Crippen molar-refractivity contribution in [1.29, 1.82) is 0 Å². The zero-order valence-electron chi connectivity index (χ0n) is 9.43. The van der Waals surface area contributed by atoms with Gasteiger partial charge in [-0.2, -0.15) is 0 Å². The molecular weight excluding hydrogens is 206 g/mol. The molecule has 1 aliphatic heterocycles. The lowest BCUT2D eigenvalue weighted by Gasteiger charge is -2.33. The smallest absolute Gasteiger partial charge is 0.120 e. The van der Waals surface area contributed by atoms with Gasteiger partial charge in [-0.1, -0.05) is 6.07 Å². The van der Waals surface area contributed by atoms with Crippen LogP contribution in [0.3, 0.4) is 0 Å². The minimum Gasteiger partial charge on any atom is -0.497 e. The number of hydrogen-bond acceptors (Lipinski definition) is 4. The molecule has 2 rings (SSSR count). The number of ether oxygens (including phenoxy) is 2. The lowest BCUT2D eigenvalue weighted by molar-refractivity contribution is 0.00356. The van der Waals surface area contributed by atoms with E-state index in [0.29, 0.717) is 6.61 Å². The Labute approximate surface area is 95.4 Å². The zero-order chi connectivity index (χ0) is 11.4. The number of rotatable bonds is 3. The van der Waals surface area contributed by atoms with E-state index >= 15 is 0 Å². The molecular formula is C12H17NO3. The summed E-state index contributed by atoms with van der Waals surface area (Å²) in [7, 11) is 1.66. The largest absolute Gasteiger partial charge is 0.497 e. The Morgan fingerprint density at radius 2 is 2.44 bits per heavy atom. The van der Waals surface area contributed by atoms with Crippen molar-refractivity contribution < 1.29 is 14.6 Å². The van der Waals surface area contributed by atoms with Crippen LogP contribution in [0.25, 0.3) is 0 Å². The Hall–Kier alpha value is -1.26. The fourth-order valence-corrected chi connectivity index (χ4v) is 1.87. The molecule has 0 bridgehead atoms. The number of benzene rings is 1. The maximum absolute atomic E-state index is 9.08. The predicted octanol–water partition coefficient (Wildman–Crippen LogP) is 0.893. The Morgan fingerprint density at radius 1 is 1.56 bits per heavy atom. The average molecular weight is 223 g/mol. The SMILES string of the molecule is COc1cccc(N2CCOC(CO)C2)c1. The van der Waals surface area contributed by atoms with Gasteiger partial charge in [-0.15, -0.1) is 0 Å². The molecule has 0 saturated carbocycles. The summed E-state index contributed by atoms with van der Waals surface area (Å²) in [6.07, 6.45) is -0.0834. The van der Waals surface area contributed by atoms with Crippen molar-refractivity contribution in [3.05, 3.63) is 24.3 Å². The van der Waals surface area contributed by atoms with Crippen LogP contribution in [0.1, 0.15) is 0 Å². The summed E-state index contributed by atoms with van der Waals surface area (Å²) in [5.74, 6) is 0.851. The van der Waals surface area contributed by atoms with Gasteiger partial charge in [0.1, 0.15) is 5.75 Å². The van der Waals surface area contributed by atoms with Gasteiger partial charge >= 0.3 is 0 Å². The monoisotopic (exact) mass is 223 g/mol. The number of aliphatic hydroxyl groups is 1. The van der Waals surface area contributed by atoms with E-state index in [-0.39, 0.29) is 12.7 Å². The summed E-state index contributed by atoms with van der Waals surface area (Å²) in [4.78, 5) is 2.20. The number of methoxy groups -OCH3 is 1. The molecule has 0 amide bonds. The van der Waals surface area contributed by atoms with Crippen LogP contribution in [0.15, 0.2) is 24.3 Å². The molecule has 1 heterocycles.